The van der Waals surface area contributed by atoms with Crippen molar-refractivity contribution in [3.8, 4) is 0 Å². The first-order valence-corrected chi connectivity index (χ1v) is 5.95. The summed E-state index contributed by atoms with van der Waals surface area (Å²) in [7, 11) is 0. The second-order valence-electron chi connectivity index (χ2n) is 4.21. The number of aromatic nitrogens is 4. The number of allylic oxidation sites excluding steroid dienone is 6. The van der Waals surface area contributed by atoms with Crippen molar-refractivity contribution in [2.75, 3.05) is 0 Å². The fraction of sp³-hybridized carbons (Fsp3) is 0.385. The summed E-state index contributed by atoms with van der Waals surface area (Å²) in [5, 5.41) is 22.0. The number of hydrogen-bond donors (Lipinski definition) is 1. The molecule has 0 saturated carbocycles. The van der Waals surface area contributed by atoms with E-state index in [-0.39, 0.29) is 49.7 Å². The summed E-state index contributed by atoms with van der Waals surface area (Å²) < 4.78 is 0. The van der Waals surface area contributed by atoms with Crippen molar-refractivity contribution in [3.05, 3.63) is 41.8 Å². The van der Waals surface area contributed by atoms with Crippen molar-refractivity contribution in [1.82, 2.24) is 20.6 Å². The molecule has 1 aromatic heterocycles. The van der Waals surface area contributed by atoms with E-state index in [0.29, 0.717) is 0 Å². The fourth-order valence-electron chi connectivity index (χ4n) is 1.36. The number of nitrogens with one attached hydrogen (secondary N) is 1. The van der Waals surface area contributed by atoms with E-state index in [1.165, 1.54) is 0 Å². The van der Waals surface area contributed by atoms with Crippen LogP contribution in [0.3, 0.4) is 0 Å². The largest absolute Gasteiger partial charge is 0.329 e. The Labute approximate surface area is 139 Å². The van der Waals surface area contributed by atoms with Crippen LogP contribution in [-0.4, -0.2) is 21.2 Å². The third-order valence-electron chi connectivity index (χ3n) is 2.33. The van der Waals surface area contributed by atoms with Crippen LogP contribution in [0, 0.1) is 10.8 Å². The maximum atomic E-state index is 7.91. The van der Waals surface area contributed by atoms with Gasteiger partial charge in [0.05, 0.1) is 11.5 Å². The van der Waals surface area contributed by atoms with Gasteiger partial charge in [-0.1, -0.05) is 58.1 Å². The van der Waals surface area contributed by atoms with E-state index in [2.05, 4.69) is 40.5 Å². The molecule has 1 radical (unpaired) electrons. The van der Waals surface area contributed by atoms with Gasteiger partial charge in [0.15, 0.2) is 0 Å². The minimum Gasteiger partial charge on any atom is -0.329 e. The second kappa shape index (κ2) is 8.28. The summed E-state index contributed by atoms with van der Waals surface area (Å²) in [5.41, 5.74) is 1.00. The quantitative estimate of drug-likeness (QED) is 0.843. The maximum Gasteiger partial charge on any atom is 0.0754 e. The number of rotatable bonds is 2. The normalized spacial score (nSPS) is 15.5. The Kier molecular flexibility index (Phi) is 7.87. The van der Waals surface area contributed by atoms with Gasteiger partial charge in [-0.15, -0.1) is 0 Å². The molecule has 99 valence electrons. The molecule has 0 spiro atoms. The van der Waals surface area contributed by atoms with E-state index in [1.54, 1.807) is 0 Å². The molecule has 5 nitrogen and oxygen atoms in total. The molecule has 6 heteroatoms. The van der Waals surface area contributed by atoms with Crippen LogP contribution in [0.2, 0.25) is 0 Å². The van der Waals surface area contributed by atoms with E-state index >= 15 is 0 Å². The molecule has 0 bridgehead atoms. The Morgan fingerprint density at radius 1 is 1.26 bits per heavy atom. The summed E-state index contributed by atoms with van der Waals surface area (Å²) in [4.78, 5) is 0. The van der Waals surface area contributed by atoms with E-state index in [4.69, 9.17) is 5.41 Å². The number of hydrogen-bond acceptors (Lipinski definition) is 4. The maximum absolute atomic E-state index is 7.91. The molecule has 2 rings (SSSR count). The summed E-state index contributed by atoms with van der Waals surface area (Å²) in [5.74, 6) is 0.254. The Morgan fingerprint density at radius 3 is 2.53 bits per heavy atom. The van der Waals surface area contributed by atoms with Crippen molar-refractivity contribution in [2.45, 2.75) is 27.7 Å². The van der Waals surface area contributed by atoms with Crippen LogP contribution in [0.4, 0.5) is 0 Å². The first-order chi connectivity index (χ1) is 8.58. The zero-order valence-corrected chi connectivity index (χ0v) is 14.6. The molecule has 1 heterocycles. The van der Waals surface area contributed by atoms with Crippen LogP contribution in [0.5, 0.6) is 0 Å². The van der Waals surface area contributed by atoms with Gasteiger partial charge in [0.2, 0.25) is 0 Å². The molecule has 0 amide bonds. The van der Waals surface area contributed by atoms with Gasteiger partial charge in [0.1, 0.15) is 0 Å². The van der Waals surface area contributed by atoms with Crippen LogP contribution < -0.4 is 5.10 Å². The van der Waals surface area contributed by atoms with Gasteiger partial charge in [-0.25, -0.2) is 0 Å². The van der Waals surface area contributed by atoms with Crippen LogP contribution in [0.25, 0.3) is 0 Å². The SMILES string of the molecule is CC.CC1(C)C=CC=C(C(=N)c2nnn[n-]2)C=C1.[Y]. The Hall–Kier alpha value is -0.936. The molecular formula is C13H18N5Y-. The molecule has 19 heavy (non-hydrogen) atoms. The molecule has 1 N–H and O–H groups in total. The fourth-order valence-corrected chi connectivity index (χ4v) is 1.36. The summed E-state index contributed by atoms with van der Waals surface area (Å²) in [6.45, 7) is 8.20. The summed E-state index contributed by atoms with van der Waals surface area (Å²) in [6.07, 6.45) is 9.82. The van der Waals surface area contributed by atoms with E-state index in [9.17, 15) is 0 Å². The van der Waals surface area contributed by atoms with Crippen LogP contribution in [-0.2, 0) is 32.7 Å². The predicted molar refractivity (Wildman–Crippen MR) is 71.5 cm³/mol. The van der Waals surface area contributed by atoms with E-state index in [0.717, 1.165) is 5.57 Å². The minimum absolute atomic E-state index is 0. The monoisotopic (exact) mass is 333 g/mol. The smallest absolute Gasteiger partial charge is 0.0754 e. The predicted octanol–water partition coefficient (Wildman–Crippen LogP) is 2.30. The Balaban J connectivity index is 0.00000103. The van der Waals surface area contributed by atoms with Gasteiger partial charge < -0.3 is 5.10 Å². The second-order valence-corrected chi connectivity index (χ2v) is 4.21. The van der Waals surface area contributed by atoms with Crippen molar-refractivity contribution in [1.29, 1.82) is 5.41 Å². The van der Waals surface area contributed by atoms with Crippen molar-refractivity contribution in [3.63, 3.8) is 0 Å². The van der Waals surface area contributed by atoms with E-state index in [1.807, 2.05) is 38.2 Å². The van der Waals surface area contributed by atoms with Crippen molar-refractivity contribution in [2.24, 2.45) is 5.41 Å². The molecule has 1 aliphatic rings. The summed E-state index contributed by atoms with van der Waals surface area (Å²) in [6, 6.07) is 0. The standard InChI is InChI=1S/C11H12N5.C2H6.Y/c1-11(2)6-3-4-8(5-7-11)9(12)10-13-15-16-14-10;1-2;/h3-7,12H,1-2H3;1-2H3;/q-1;;. The van der Waals surface area contributed by atoms with Gasteiger partial charge in [-0.2, -0.15) is 5.21 Å². The van der Waals surface area contributed by atoms with Gasteiger partial charge in [0.25, 0.3) is 0 Å². The third-order valence-corrected chi connectivity index (χ3v) is 2.33. The molecule has 0 unspecified atom stereocenters. The first kappa shape index (κ1) is 18.1. The van der Waals surface area contributed by atoms with Crippen LogP contribution in [0.15, 0.2) is 36.0 Å². The first-order valence-electron chi connectivity index (χ1n) is 5.95. The van der Waals surface area contributed by atoms with Gasteiger partial charge in [0, 0.05) is 43.7 Å². The van der Waals surface area contributed by atoms with Crippen molar-refractivity contribution < 1.29 is 32.7 Å². The molecule has 0 atom stereocenters. The third kappa shape index (κ3) is 5.29. The zero-order valence-electron chi connectivity index (χ0n) is 11.8. The van der Waals surface area contributed by atoms with Gasteiger partial charge >= 0.3 is 0 Å². The average Bonchev–Trinajstić information content (AvgIpc) is 2.83. The topological polar surface area (TPSA) is 76.6 Å². The van der Waals surface area contributed by atoms with Crippen LogP contribution >= 0.6 is 0 Å². The van der Waals surface area contributed by atoms with Gasteiger partial charge in [-0.05, 0) is 0 Å². The van der Waals surface area contributed by atoms with Crippen molar-refractivity contribution >= 4 is 5.71 Å². The van der Waals surface area contributed by atoms with Crippen LogP contribution in [0.1, 0.15) is 33.5 Å². The molecular weight excluding hydrogens is 315 g/mol. The average molecular weight is 333 g/mol. The molecule has 0 aromatic carbocycles. The Morgan fingerprint density at radius 2 is 1.95 bits per heavy atom. The summed E-state index contributed by atoms with van der Waals surface area (Å²) >= 11 is 0. The molecule has 0 aliphatic heterocycles. The van der Waals surface area contributed by atoms with Gasteiger partial charge in [-0.3, -0.25) is 15.7 Å². The minimum atomic E-state index is 0. The molecule has 1 aromatic rings. The molecule has 0 fully saturated rings. The number of tetrazole rings is 1. The number of nitrogens with zero attached hydrogens (tertiary/aromatic N) is 4. The zero-order chi connectivity index (χ0) is 13.6. The molecule has 1 aliphatic carbocycles. The molecule has 0 saturated heterocycles. The van der Waals surface area contributed by atoms with E-state index < -0.39 is 0 Å². The Bertz CT molecular complexity index is 483.